The number of rotatable bonds is 5. The third-order valence-corrected chi connectivity index (χ3v) is 3.36. The minimum absolute atomic E-state index is 0.164. The molecular weight excluding hydrogens is 243 g/mol. The van der Waals surface area contributed by atoms with Gasteiger partial charge < -0.3 is 10.5 Å². The van der Waals surface area contributed by atoms with Gasteiger partial charge in [-0.25, -0.2) is 0 Å². The molecule has 0 bridgehead atoms. The Morgan fingerprint density at radius 2 is 1.78 bits per heavy atom. The molecule has 0 saturated heterocycles. The summed E-state index contributed by atoms with van der Waals surface area (Å²) < 4.78 is 42.6. The van der Waals surface area contributed by atoms with Crippen LogP contribution in [-0.2, 0) is 6.18 Å². The predicted molar refractivity (Wildman–Crippen MR) is 62.3 cm³/mol. The molecule has 0 spiro atoms. The molecule has 5 heteroatoms. The minimum atomic E-state index is -4.30. The summed E-state index contributed by atoms with van der Waals surface area (Å²) in [7, 11) is 0. The zero-order valence-corrected chi connectivity index (χ0v) is 9.96. The second-order valence-electron chi connectivity index (χ2n) is 4.85. The first-order valence-electron chi connectivity index (χ1n) is 5.95. The molecule has 18 heavy (non-hydrogen) atoms. The maximum Gasteiger partial charge on any atom is 0.416 e. The zero-order valence-electron chi connectivity index (χ0n) is 9.96. The van der Waals surface area contributed by atoms with Gasteiger partial charge in [0.25, 0.3) is 0 Å². The number of nitrogens with two attached hydrogens (primary N) is 1. The monoisotopic (exact) mass is 259 g/mol. The SMILES string of the molecule is NCCC1(COc2ccc(C(F)(F)F)cc2)CC1. The van der Waals surface area contributed by atoms with Crippen LogP contribution < -0.4 is 10.5 Å². The van der Waals surface area contributed by atoms with Gasteiger partial charge in [0.15, 0.2) is 0 Å². The van der Waals surface area contributed by atoms with Crippen LogP contribution in [0.3, 0.4) is 0 Å². The molecule has 0 atom stereocenters. The van der Waals surface area contributed by atoms with Crippen molar-refractivity contribution in [1.29, 1.82) is 0 Å². The van der Waals surface area contributed by atoms with E-state index in [4.69, 9.17) is 10.5 Å². The molecular formula is C13H16F3NO. The van der Waals surface area contributed by atoms with Gasteiger partial charge in [-0.3, -0.25) is 0 Å². The maximum atomic E-state index is 12.4. The van der Waals surface area contributed by atoms with E-state index < -0.39 is 11.7 Å². The third kappa shape index (κ3) is 3.16. The topological polar surface area (TPSA) is 35.2 Å². The molecule has 2 rings (SSSR count). The number of halogens is 3. The Labute approximate surface area is 104 Å². The summed E-state index contributed by atoms with van der Waals surface area (Å²) in [4.78, 5) is 0. The lowest BCUT2D eigenvalue weighted by atomic mass is 10.0. The van der Waals surface area contributed by atoms with Crippen LogP contribution in [0.1, 0.15) is 24.8 Å². The summed E-state index contributed by atoms with van der Waals surface area (Å²) in [6.07, 6.45) is -1.21. The lowest BCUT2D eigenvalue weighted by Crippen LogP contribution is -2.17. The number of hydrogen-bond donors (Lipinski definition) is 1. The smallest absolute Gasteiger partial charge is 0.416 e. The van der Waals surface area contributed by atoms with Crippen molar-refractivity contribution >= 4 is 0 Å². The van der Waals surface area contributed by atoms with E-state index >= 15 is 0 Å². The van der Waals surface area contributed by atoms with Gasteiger partial charge in [0.1, 0.15) is 5.75 Å². The van der Waals surface area contributed by atoms with Gasteiger partial charge in [0, 0.05) is 5.41 Å². The van der Waals surface area contributed by atoms with Crippen LogP contribution in [0.4, 0.5) is 13.2 Å². The van der Waals surface area contributed by atoms with Crippen molar-refractivity contribution in [2.24, 2.45) is 11.1 Å². The average molecular weight is 259 g/mol. The van der Waals surface area contributed by atoms with Crippen LogP contribution in [0.25, 0.3) is 0 Å². The van der Waals surface area contributed by atoms with Gasteiger partial charge in [-0.05, 0) is 50.1 Å². The molecule has 0 unspecified atom stereocenters. The van der Waals surface area contributed by atoms with Gasteiger partial charge in [-0.1, -0.05) is 0 Å². The molecule has 1 aliphatic carbocycles. The molecule has 1 aliphatic rings. The number of benzene rings is 1. The lowest BCUT2D eigenvalue weighted by molar-refractivity contribution is -0.137. The van der Waals surface area contributed by atoms with Crippen LogP contribution in [-0.4, -0.2) is 13.2 Å². The molecule has 1 fully saturated rings. The predicted octanol–water partition coefficient (Wildman–Crippen LogP) is 3.21. The highest BCUT2D eigenvalue weighted by Crippen LogP contribution is 2.48. The summed E-state index contributed by atoms with van der Waals surface area (Å²) in [6, 6.07) is 4.80. The fraction of sp³-hybridized carbons (Fsp3) is 0.538. The van der Waals surface area contributed by atoms with Crippen molar-refractivity contribution in [2.45, 2.75) is 25.4 Å². The van der Waals surface area contributed by atoms with Crippen molar-refractivity contribution < 1.29 is 17.9 Å². The summed E-state index contributed by atoms with van der Waals surface area (Å²) in [6.45, 7) is 1.16. The zero-order chi connectivity index (χ0) is 13.2. The van der Waals surface area contributed by atoms with Crippen LogP contribution in [0.2, 0.25) is 0 Å². The van der Waals surface area contributed by atoms with Gasteiger partial charge in [0.2, 0.25) is 0 Å². The van der Waals surface area contributed by atoms with E-state index in [1.807, 2.05) is 0 Å². The minimum Gasteiger partial charge on any atom is -0.493 e. The first-order chi connectivity index (χ1) is 8.45. The third-order valence-electron chi connectivity index (χ3n) is 3.36. The fourth-order valence-corrected chi connectivity index (χ4v) is 1.93. The van der Waals surface area contributed by atoms with Gasteiger partial charge in [-0.15, -0.1) is 0 Å². The number of hydrogen-bond acceptors (Lipinski definition) is 2. The van der Waals surface area contributed by atoms with E-state index in [2.05, 4.69) is 0 Å². The standard InChI is InChI=1S/C13H16F3NO/c14-13(15,16)10-1-3-11(4-2-10)18-9-12(5-6-12)7-8-17/h1-4H,5-9,17H2. The quantitative estimate of drug-likeness (QED) is 0.881. The summed E-state index contributed by atoms with van der Waals surface area (Å²) in [5, 5.41) is 0. The van der Waals surface area contributed by atoms with E-state index in [1.54, 1.807) is 0 Å². The van der Waals surface area contributed by atoms with Crippen LogP contribution in [0, 0.1) is 5.41 Å². The molecule has 0 radical (unpaired) electrons. The highest BCUT2D eigenvalue weighted by molar-refractivity contribution is 5.29. The Morgan fingerprint density at radius 1 is 1.17 bits per heavy atom. The Morgan fingerprint density at radius 3 is 2.22 bits per heavy atom. The van der Waals surface area contributed by atoms with Gasteiger partial charge in [-0.2, -0.15) is 13.2 Å². The van der Waals surface area contributed by atoms with E-state index in [0.717, 1.165) is 31.4 Å². The van der Waals surface area contributed by atoms with Crippen molar-refractivity contribution in [2.75, 3.05) is 13.2 Å². The van der Waals surface area contributed by atoms with Crippen molar-refractivity contribution in [3.8, 4) is 5.75 Å². The van der Waals surface area contributed by atoms with E-state index in [-0.39, 0.29) is 5.41 Å². The summed E-state index contributed by atoms with van der Waals surface area (Å²) >= 11 is 0. The Bertz CT molecular complexity index is 396. The molecule has 0 aliphatic heterocycles. The Kier molecular flexibility index (Phi) is 3.52. The van der Waals surface area contributed by atoms with Gasteiger partial charge >= 0.3 is 6.18 Å². The normalized spacial score (nSPS) is 17.6. The number of ether oxygens (including phenoxy) is 1. The molecule has 2 N–H and O–H groups in total. The molecule has 2 nitrogen and oxygen atoms in total. The molecule has 0 aromatic heterocycles. The summed E-state index contributed by atoms with van der Waals surface area (Å²) in [5.74, 6) is 0.478. The highest BCUT2D eigenvalue weighted by Gasteiger charge is 2.42. The number of alkyl halides is 3. The maximum absolute atomic E-state index is 12.4. The van der Waals surface area contributed by atoms with Crippen LogP contribution in [0.15, 0.2) is 24.3 Å². The highest BCUT2D eigenvalue weighted by atomic mass is 19.4. The molecule has 1 saturated carbocycles. The first kappa shape index (κ1) is 13.2. The van der Waals surface area contributed by atoms with E-state index in [0.29, 0.717) is 18.9 Å². The Hall–Kier alpha value is -1.23. The van der Waals surface area contributed by atoms with Crippen LogP contribution >= 0.6 is 0 Å². The second-order valence-corrected chi connectivity index (χ2v) is 4.85. The Balaban J connectivity index is 1.91. The van der Waals surface area contributed by atoms with E-state index in [9.17, 15) is 13.2 Å². The average Bonchev–Trinajstić information content (AvgIpc) is 3.07. The second kappa shape index (κ2) is 4.80. The molecule has 100 valence electrons. The van der Waals surface area contributed by atoms with E-state index in [1.165, 1.54) is 12.1 Å². The van der Waals surface area contributed by atoms with Crippen molar-refractivity contribution in [3.63, 3.8) is 0 Å². The largest absolute Gasteiger partial charge is 0.493 e. The molecule has 1 aromatic rings. The van der Waals surface area contributed by atoms with Gasteiger partial charge in [0.05, 0.1) is 12.2 Å². The summed E-state index contributed by atoms with van der Waals surface area (Å²) in [5.41, 5.74) is 5.02. The van der Waals surface area contributed by atoms with Crippen molar-refractivity contribution in [1.82, 2.24) is 0 Å². The molecule has 0 amide bonds. The molecule has 0 heterocycles. The first-order valence-corrected chi connectivity index (χ1v) is 5.95. The molecule has 1 aromatic carbocycles. The fourth-order valence-electron chi connectivity index (χ4n) is 1.93. The van der Waals surface area contributed by atoms with Crippen LogP contribution in [0.5, 0.6) is 5.75 Å². The lowest BCUT2D eigenvalue weighted by Gasteiger charge is -2.15. The van der Waals surface area contributed by atoms with Crippen molar-refractivity contribution in [3.05, 3.63) is 29.8 Å².